The predicted octanol–water partition coefficient (Wildman–Crippen LogP) is 2.31. The van der Waals surface area contributed by atoms with Crippen LogP contribution in [0.5, 0.6) is 0 Å². The molecule has 0 aromatic rings. The van der Waals surface area contributed by atoms with Crippen LogP contribution in [0.3, 0.4) is 0 Å². The van der Waals surface area contributed by atoms with Gasteiger partial charge in [-0.05, 0) is 45.8 Å². The van der Waals surface area contributed by atoms with Crippen molar-refractivity contribution in [1.82, 2.24) is 9.80 Å². The van der Waals surface area contributed by atoms with Crippen molar-refractivity contribution < 1.29 is 0 Å². The van der Waals surface area contributed by atoms with Gasteiger partial charge in [0.1, 0.15) is 0 Å². The Morgan fingerprint density at radius 2 is 2.06 bits per heavy atom. The molecule has 0 saturated carbocycles. The first-order chi connectivity index (χ1) is 8.63. The number of hydrogen-bond acceptors (Lipinski definition) is 3. The van der Waals surface area contributed by atoms with Crippen LogP contribution in [0.4, 0.5) is 0 Å². The molecule has 0 spiro atoms. The Morgan fingerprint density at radius 1 is 1.33 bits per heavy atom. The molecule has 1 saturated heterocycles. The van der Waals surface area contributed by atoms with Gasteiger partial charge < -0.3 is 5.73 Å². The van der Waals surface area contributed by atoms with Gasteiger partial charge in [0.25, 0.3) is 0 Å². The van der Waals surface area contributed by atoms with Crippen molar-refractivity contribution in [2.75, 3.05) is 33.2 Å². The van der Waals surface area contributed by atoms with Crippen molar-refractivity contribution in [3.05, 3.63) is 0 Å². The van der Waals surface area contributed by atoms with Crippen LogP contribution in [0.2, 0.25) is 0 Å². The smallest absolute Gasteiger partial charge is 0.0326 e. The van der Waals surface area contributed by atoms with Crippen LogP contribution in [0.15, 0.2) is 0 Å². The molecule has 0 aliphatic carbocycles. The zero-order chi connectivity index (χ0) is 13.6. The SMILES string of the molecule is CCCC(CC)(CN)N(C)CC1CCCN1CC. The molecule has 2 atom stereocenters. The lowest BCUT2D eigenvalue weighted by Gasteiger charge is -2.43. The standard InChI is InChI=1S/C15H33N3/c1-5-10-15(6-2,13-16)17(4)12-14-9-8-11-18(14)7-3/h14H,5-13,16H2,1-4H3. The van der Waals surface area contributed by atoms with Crippen LogP contribution >= 0.6 is 0 Å². The van der Waals surface area contributed by atoms with E-state index in [1.807, 2.05) is 0 Å². The molecule has 2 unspecified atom stereocenters. The fraction of sp³-hybridized carbons (Fsp3) is 1.00. The first-order valence-corrected chi connectivity index (χ1v) is 7.78. The number of rotatable bonds is 8. The Bertz CT molecular complexity index is 226. The van der Waals surface area contributed by atoms with Crippen molar-refractivity contribution in [1.29, 1.82) is 0 Å². The maximum atomic E-state index is 6.09. The summed E-state index contributed by atoms with van der Waals surface area (Å²) in [6, 6.07) is 0.745. The Balaban J connectivity index is 2.63. The molecule has 1 rings (SSSR count). The molecule has 1 aliphatic rings. The van der Waals surface area contributed by atoms with E-state index in [9.17, 15) is 0 Å². The second-order valence-electron chi connectivity index (χ2n) is 5.84. The van der Waals surface area contributed by atoms with Crippen LogP contribution in [0, 0.1) is 0 Å². The van der Waals surface area contributed by atoms with Crippen LogP contribution < -0.4 is 5.73 Å². The molecule has 0 amide bonds. The van der Waals surface area contributed by atoms with E-state index < -0.39 is 0 Å². The van der Waals surface area contributed by atoms with Crippen molar-refractivity contribution in [3.63, 3.8) is 0 Å². The van der Waals surface area contributed by atoms with Crippen molar-refractivity contribution >= 4 is 0 Å². The molecular weight excluding hydrogens is 222 g/mol. The summed E-state index contributed by atoms with van der Waals surface area (Å²) in [6.45, 7) is 11.3. The predicted molar refractivity (Wildman–Crippen MR) is 79.9 cm³/mol. The Kier molecular flexibility index (Phi) is 6.61. The fourth-order valence-corrected chi connectivity index (χ4v) is 3.53. The molecule has 18 heavy (non-hydrogen) atoms. The first-order valence-electron chi connectivity index (χ1n) is 7.78. The second kappa shape index (κ2) is 7.46. The summed E-state index contributed by atoms with van der Waals surface area (Å²) in [5.41, 5.74) is 6.31. The maximum absolute atomic E-state index is 6.09. The minimum Gasteiger partial charge on any atom is -0.329 e. The number of likely N-dealkylation sites (tertiary alicyclic amines) is 1. The minimum absolute atomic E-state index is 0.219. The van der Waals surface area contributed by atoms with Crippen LogP contribution in [0.1, 0.15) is 52.9 Å². The second-order valence-corrected chi connectivity index (χ2v) is 5.84. The quantitative estimate of drug-likeness (QED) is 0.722. The first kappa shape index (κ1) is 15.9. The molecule has 2 N–H and O–H groups in total. The topological polar surface area (TPSA) is 32.5 Å². The van der Waals surface area contributed by atoms with Gasteiger partial charge in [0.2, 0.25) is 0 Å². The molecule has 0 aromatic carbocycles. The minimum atomic E-state index is 0.219. The van der Waals surface area contributed by atoms with Gasteiger partial charge in [-0.3, -0.25) is 9.80 Å². The molecule has 0 radical (unpaired) electrons. The third-order valence-corrected chi connectivity index (χ3v) is 4.95. The molecule has 0 aromatic heterocycles. The van der Waals surface area contributed by atoms with Crippen molar-refractivity contribution in [2.24, 2.45) is 5.73 Å². The number of hydrogen-bond donors (Lipinski definition) is 1. The van der Waals surface area contributed by atoms with E-state index in [-0.39, 0.29) is 5.54 Å². The lowest BCUT2D eigenvalue weighted by atomic mass is 9.88. The number of nitrogens with zero attached hydrogens (tertiary/aromatic N) is 2. The van der Waals surface area contributed by atoms with E-state index in [1.165, 1.54) is 45.3 Å². The molecular formula is C15H33N3. The number of nitrogens with two attached hydrogens (primary N) is 1. The summed E-state index contributed by atoms with van der Waals surface area (Å²) in [5, 5.41) is 0. The average molecular weight is 255 g/mol. The third-order valence-electron chi connectivity index (χ3n) is 4.95. The molecule has 3 nitrogen and oxygen atoms in total. The van der Waals surface area contributed by atoms with E-state index in [2.05, 4.69) is 37.6 Å². The van der Waals surface area contributed by atoms with Crippen LogP contribution in [0.25, 0.3) is 0 Å². The number of likely N-dealkylation sites (N-methyl/N-ethyl adjacent to an activating group) is 2. The highest BCUT2D eigenvalue weighted by Gasteiger charge is 2.33. The average Bonchev–Trinajstić information content (AvgIpc) is 2.83. The lowest BCUT2D eigenvalue weighted by Crippen LogP contribution is -2.55. The van der Waals surface area contributed by atoms with Gasteiger partial charge in [0, 0.05) is 24.7 Å². The van der Waals surface area contributed by atoms with Gasteiger partial charge in [-0.15, -0.1) is 0 Å². The summed E-state index contributed by atoms with van der Waals surface area (Å²) >= 11 is 0. The van der Waals surface area contributed by atoms with Gasteiger partial charge in [-0.1, -0.05) is 27.2 Å². The fourth-order valence-electron chi connectivity index (χ4n) is 3.53. The summed E-state index contributed by atoms with van der Waals surface area (Å²) in [5.74, 6) is 0. The van der Waals surface area contributed by atoms with Crippen molar-refractivity contribution in [3.8, 4) is 0 Å². The summed E-state index contributed by atoms with van der Waals surface area (Å²) in [7, 11) is 2.28. The summed E-state index contributed by atoms with van der Waals surface area (Å²) in [6.07, 6.45) is 6.32. The molecule has 1 aliphatic heterocycles. The van der Waals surface area contributed by atoms with Gasteiger partial charge in [0.15, 0.2) is 0 Å². The maximum Gasteiger partial charge on any atom is 0.0326 e. The van der Waals surface area contributed by atoms with Gasteiger partial charge in [-0.2, -0.15) is 0 Å². The molecule has 1 heterocycles. The molecule has 0 bridgehead atoms. The van der Waals surface area contributed by atoms with E-state index in [0.717, 1.165) is 19.0 Å². The zero-order valence-corrected chi connectivity index (χ0v) is 12.9. The summed E-state index contributed by atoms with van der Waals surface area (Å²) in [4.78, 5) is 5.18. The third kappa shape index (κ3) is 3.46. The van der Waals surface area contributed by atoms with Crippen molar-refractivity contribution in [2.45, 2.75) is 64.5 Å². The van der Waals surface area contributed by atoms with Gasteiger partial charge in [-0.25, -0.2) is 0 Å². The normalized spacial score (nSPS) is 24.7. The van der Waals surface area contributed by atoms with E-state index in [4.69, 9.17) is 5.73 Å². The highest BCUT2D eigenvalue weighted by molar-refractivity contribution is 4.92. The monoisotopic (exact) mass is 255 g/mol. The summed E-state index contributed by atoms with van der Waals surface area (Å²) < 4.78 is 0. The highest BCUT2D eigenvalue weighted by atomic mass is 15.3. The van der Waals surface area contributed by atoms with E-state index >= 15 is 0 Å². The Labute approximate surface area is 114 Å². The van der Waals surface area contributed by atoms with Gasteiger partial charge in [0.05, 0.1) is 0 Å². The van der Waals surface area contributed by atoms with E-state index in [0.29, 0.717) is 0 Å². The molecule has 108 valence electrons. The lowest BCUT2D eigenvalue weighted by molar-refractivity contribution is 0.0786. The van der Waals surface area contributed by atoms with Crippen LogP contribution in [-0.4, -0.2) is 54.6 Å². The Hall–Kier alpha value is -0.120. The van der Waals surface area contributed by atoms with Crippen LogP contribution in [-0.2, 0) is 0 Å². The molecule has 3 heteroatoms. The van der Waals surface area contributed by atoms with E-state index in [1.54, 1.807) is 0 Å². The van der Waals surface area contributed by atoms with Gasteiger partial charge >= 0.3 is 0 Å². The highest BCUT2D eigenvalue weighted by Crippen LogP contribution is 2.26. The molecule has 1 fully saturated rings. The largest absolute Gasteiger partial charge is 0.329 e. The zero-order valence-electron chi connectivity index (χ0n) is 12.9. The Morgan fingerprint density at radius 3 is 2.56 bits per heavy atom.